The van der Waals surface area contributed by atoms with E-state index in [-0.39, 0.29) is 5.97 Å². The summed E-state index contributed by atoms with van der Waals surface area (Å²) in [6, 6.07) is 6.87. The molecule has 0 saturated carbocycles. The summed E-state index contributed by atoms with van der Waals surface area (Å²) >= 11 is 7.69. The SMILES string of the molecule is CCOC(=O)C1=C(C)NC(c2csc(C)n2)=NC1c1cccc(Cl)c1. The van der Waals surface area contributed by atoms with E-state index in [1.165, 1.54) is 0 Å². The molecule has 0 radical (unpaired) electrons. The van der Waals surface area contributed by atoms with E-state index in [4.69, 9.17) is 21.3 Å². The molecule has 1 unspecified atom stereocenters. The second kappa shape index (κ2) is 7.37. The lowest BCUT2D eigenvalue weighted by Gasteiger charge is -2.25. The summed E-state index contributed by atoms with van der Waals surface area (Å²) in [7, 11) is 0. The second-order valence-corrected chi connectivity index (χ2v) is 7.07. The van der Waals surface area contributed by atoms with E-state index in [2.05, 4.69) is 10.3 Å². The highest BCUT2D eigenvalue weighted by atomic mass is 35.5. The van der Waals surface area contributed by atoms with Crippen molar-refractivity contribution in [3.8, 4) is 0 Å². The Bertz CT molecular complexity index is 873. The van der Waals surface area contributed by atoms with Gasteiger partial charge in [-0.1, -0.05) is 23.7 Å². The minimum atomic E-state index is -0.490. The van der Waals surface area contributed by atoms with Gasteiger partial charge in [-0.25, -0.2) is 9.78 Å². The number of rotatable bonds is 4. The van der Waals surface area contributed by atoms with Gasteiger partial charge in [0.1, 0.15) is 11.7 Å². The normalized spacial score (nSPS) is 17.1. The number of aromatic nitrogens is 1. The number of hydrogen-bond acceptors (Lipinski definition) is 6. The number of amidine groups is 1. The lowest BCUT2D eigenvalue weighted by atomic mass is 9.96. The molecule has 2 heterocycles. The van der Waals surface area contributed by atoms with Crippen LogP contribution in [0.2, 0.25) is 5.02 Å². The van der Waals surface area contributed by atoms with Crippen molar-refractivity contribution in [2.45, 2.75) is 26.8 Å². The fourth-order valence-electron chi connectivity index (χ4n) is 2.67. The summed E-state index contributed by atoms with van der Waals surface area (Å²) in [5.74, 6) is 0.259. The number of ether oxygens (including phenoxy) is 1. The Labute approximate surface area is 155 Å². The lowest BCUT2D eigenvalue weighted by Crippen LogP contribution is -2.33. The number of allylic oxidation sites excluding steroid dienone is 1. The number of aliphatic imine (C=N–C) groups is 1. The number of nitrogens with one attached hydrogen (secondary N) is 1. The zero-order valence-corrected chi connectivity index (χ0v) is 15.7. The minimum absolute atomic E-state index is 0.305. The Hall–Kier alpha value is -2.18. The summed E-state index contributed by atoms with van der Waals surface area (Å²) in [6.45, 7) is 5.88. The molecule has 0 fully saturated rings. The van der Waals surface area contributed by atoms with Crippen LogP contribution in [0.1, 0.15) is 36.2 Å². The Morgan fingerprint density at radius 3 is 2.84 bits per heavy atom. The van der Waals surface area contributed by atoms with Gasteiger partial charge in [0.15, 0.2) is 5.84 Å². The zero-order valence-electron chi connectivity index (χ0n) is 14.2. The van der Waals surface area contributed by atoms with Crippen molar-refractivity contribution in [3.63, 3.8) is 0 Å². The number of hydrogen-bond donors (Lipinski definition) is 1. The molecule has 3 rings (SSSR count). The number of esters is 1. The average molecular weight is 376 g/mol. The molecule has 5 nitrogen and oxygen atoms in total. The first kappa shape index (κ1) is 17.6. The van der Waals surface area contributed by atoms with Gasteiger partial charge in [0.2, 0.25) is 0 Å². The van der Waals surface area contributed by atoms with Crippen molar-refractivity contribution < 1.29 is 9.53 Å². The molecule has 1 atom stereocenters. The summed E-state index contributed by atoms with van der Waals surface area (Å²) in [6.07, 6.45) is 0. The maximum Gasteiger partial charge on any atom is 0.338 e. The topological polar surface area (TPSA) is 63.6 Å². The van der Waals surface area contributed by atoms with Gasteiger partial charge in [-0.15, -0.1) is 11.3 Å². The highest BCUT2D eigenvalue weighted by Gasteiger charge is 2.31. The van der Waals surface area contributed by atoms with Gasteiger partial charge in [0, 0.05) is 16.1 Å². The van der Waals surface area contributed by atoms with E-state index >= 15 is 0 Å². The van der Waals surface area contributed by atoms with Crippen LogP contribution >= 0.6 is 22.9 Å². The molecule has 0 spiro atoms. The number of aryl methyl sites for hydroxylation is 1. The summed E-state index contributed by atoms with van der Waals surface area (Å²) in [5.41, 5.74) is 2.79. The molecule has 0 bridgehead atoms. The third-order valence-electron chi connectivity index (χ3n) is 3.76. The third-order valence-corrected chi connectivity index (χ3v) is 4.77. The largest absolute Gasteiger partial charge is 0.463 e. The van der Waals surface area contributed by atoms with E-state index in [0.29, 0.717) is 28.7 Å². The molecule has 130 valence electrons. The molecular weight excluding hydrogens is 358 g/mol. The summed E-state index contributed by atoms with van der Waals surface area (Å²) in [4.78, 5) is 21.7. The number of carbonyl (C=O) groups is 1. The Morgan fingerprint density at radius 1 is 1.40 bits per heavy atom. The number of thiazole rings is 1. The van der Waals surface area contributed by atoms with Crippen molar-refractivity contribution in [2.24, 2.45) is 4.99 Å². The molecule has 1 aliphatic heterocycles. The molecule has 0 saturated heterocycles. The molecule has 1 aliphatic rings. The fourth-order valence-corrected chi connectivity index (χ4v) is 3.47. The maximum atomic E-state index is 12.5. The summed E-state index contributed by atoms with van der Waals surface area (Å²) in [5, 5.41) is 6.68. The average Bonchev–Trinajstić information content (AvgIpc) is 3.00. The first-order chi connectivity index (χ1) is 12.0. The lowest BCUT2D eigenvalue weighted by molar-refractivity contribution is -0.138. The first-order valence-electron chi connectivity index (χ1n) is 7.90. The number of carbonyl (C=O) groups excluding carboxylic acids is 1. The number of halogens is 1. The summed E-state index contributed by atoms with van der Waals surface area (Å²) < 4.78 is 5.23. The molecule has 1 aromatic heterocycles. The van der Waals surface area contributed by atoms with Crippen LogP contribution < -0.4 is 5.32 Å². The maximum absolute atomic E-state index is 12.5. The minimum Gasteiger partial charge on any atom is -0.463 e. The van der Waals surface area contributed by atoms with Crippen LogP contribution in [-0.2, 0) is 9.53 Å². The van der Waals surface area contributed by atoms with Crippen LogP contribution in [0.15, 0.2) is 45.9 Å². The van der Waals surface area contributed by atoms with E-state index < -0.39 is 6.04 Å². The van der Waals surface area contributed by atoms with Crippen LogP contribution in [0.3, 0.4) is 0 Å². The number of benzene rings is 1. The first-order valence-corrected chi connectivity index (χ1v) is 9.16. The van der Waals surface area contributed by atoms with Crippen molar-refractivity contribution >= 4 is 34.7 Å². The van der Waals surface area contributed by atoms with Crippen LogP contribution in [0.5, 0.6) is 0 Å². The van der Waals surface area contributed by atoms with Gasteiger partial charge in [0.05, 0.1) is 17.2 Å². The van der Waals surface area contributed by atoms with E-state index in [1.807, 2.05) is 37.4 Å². The van der Waals surface area contributed by atoms with Gasteiger partial charge in [-0.05, 0) is 38.5 Å². The van der Waals surface area contributed by atoms with Gasteiger partial charge in [-0.3, -0.25) is 4.99 Å². The van der Waals surface area contributed by atoms with Crippen LogP contribution in [0.25, 0.3) is 0 Å². The molecule has 25 heavy (non-hydrogen) atoms. The molecule has 1 N–H and O–H groups in total. The number of nitrogens with zero attached hydrogens (tertiary/aromatic N) is 2. The molecule has 0 amide bonds. The van der Waals surface area contributed by atoms with Crippen LogP contribution in [0.4, 0.5) is 0 Å². The highest BCUT2D eigenvalue weighted by Crippen LogP contribution is 2.33. The van der Waals surface area contributed by atoms with Crippen molar-refractivity contribution in [1.29, 1.82) is 0 Å². The Morgan fingerprint density at radius 2 is 2.20 bits per heavy atom. The Balaban J connectivity index is 2.08. The molecule has 7 heteroatoms. The van der Waals surface area contributed by atoms with Gasteiger partial charge >= 0.3 is 5.97 Å². The zero-order chi connectivity index (χ0) is 18.0. The van der Waals surface area contributed by atoms with Crippen molar-refractivity contribution in [3.05, 3.63) is 62.2 Å². The van der Waals surface area contributed by atoms with E-state index in [1.54, 1.807) is 24.3 Å². The van der Waals surface area contributed by atoms with Gasteiger partial charge in [0.25, 0.3) is 0 Å². The molecular formula is C18H18ClN3O2S. The van der Waals surface area contributed by atoms with E-state index in [9.17, 15) is 4.79 Å². The predicted molar refractivity (Wildman–Crippen MR) is 100 cm³/mol. The third kappa shape index (κ3) is 3.75. The Kier molecular flexibility index (Phi) is 5.20. The smallest absolute Gasteiger partial charge is 0.338 e. The second-order valence-electron chi connectivity index (χ2n) is 5.57. The van der Waals surface area contributed by atoms with Crippen LogP contribution in [-0.4, -0.2) is 23.4 Å². The monoisotopic (exact) mass is 375 g/mol. The molecule has 0 aliphatic carbocycles. The quantitative estimate of drug-likeness (QED) is 0.819. The predicted octanol–water partition coefficient (Wildman–Crippen LogP) is 4.03. The molecule has 1 aromatic carbocycles. The molecule has 2 aromatic rings. The highest BCUT2D eigenvalue weighted by molar-refractivity contribution is 7.09. The van der Waals surface area contributed by atoms with E-state index in [0.717, 1.165) is 16.3 Å². The van der Waals surface area contributed by atoms with Gasteiger partial charge < -0.3 is 10.1 Å². The van der Waals surface area contributed by atoms with Crippen molar-refractivity contribution in [1.82, 2.24) is 10.3 Å². The van der Waals surface area contributed by atoms with Crippen LogP contribution in [0, 0.1) is 6.92 Å². The standard InChI is InChI=1S/C18H18ClN3O2S/c1-4-24-18(23)15-10(2)20-17(14-9-25-11(3)21-14)22-16(15)12-6-5-7-13(19)8-12/h5-9,16H,4H2,1-3H3,(H,20,22). The van der Waals surface area contributed by atoms with Crippen molar-refractivity contribution in [2.75, 3.05) is 6.61 Å². The van der Waals surface area contributed by atoms with Gasteiger partial charge in [-0.2, -0.15) is 0 Å². The fraction of sp³-hybridized carbons (Fsp3) is 0.278.